The Morgan fingerprint density at radius 3 is 2.60 bits per heavy atom. The van der Waals surface area contributed by atoms with Crippen molar-refractivity contribution in [3.05, 3.63) is 30.1 Å². The Morgan fingerprint density at radius 1 is 1.47 bits per heavy atom. The van der Waals surface area contributed by atoms with Crippen LogP contribution in [0.1, 0.15) is 19.4 Å². The molecule has 0 N–H and O–H groups in total. The molecule has 0 saturated heterocycles. The third kappa shape index (κ3) is 3.80. The first-order valence-electron chi connectivity index (χ1n) is 5.21. The summed E-state index contributed by atoms with van der Waals surface area (Å²) in [6, 6.07) is 4.02. The molecule has 0 aliphatic heterocycles. The molecule has 15 heavy (non-hydrogen) atoms. The molecule has 82 valence electrons. The molecule has 0 aliphatic rings. The maximum absolute atomic E-state index is 11.1. The largest absolute Gasteiger partial charge is 0.298 e. The summed E-state index contributed by atoms with van der Waals surface area (Å²) in [6.45, 7) is 4.47. The minimum Gasteiger partial charge on any atom is -0.298 e. The van der Waals surface area contributed by atoms with Crippen molar-refractivity contribution in [3.63, 3.8) is 0 Å². The van der Waals surface area contributed by atoms with Gasteiger partial charge in [0.15, 0.2) is 0 Å². The molecule has 0 radical (unpaired) electrons. The average Bonchev–Trinajstić information content (AvgIpc) is 2.26. The van der Waals surface area contributed by atoms with Gasteiger partial charge in [0.05, 0.1) is 6.04 Å². The van der Waals surface area contributed by atoms with Gasteiger partial charge in [-0.3, -0.25) is 14.7 Å². The fourth-order valence-electron chi connectivity index (χ4n) is 1.36. The van der Waals surface area contributed by atoms with Gasteiger partial charge in [-0.1, -0.05) is 0 Å². The highest BCUT2D eigenvalue weighted by Crippen LogP contribution is 2.02. The molecule has 0 spiro atoms. The lowest BCUT2D eigenvalue weighted by molar-refractivity contribution is -0.121. The fraction of sp³-hybridized carbons (Fsp3) is 0.500. The summed E-state index contributed by atoms with van der Waals surface area (Å²) in [4.78, 5) is 17.2. The minimum absolute atomic E-state index is 0.00633. The number of nitrogens with zero attached hydrogens (tertiary/aromatic N) is 2. The van der Waals surface area contributed by atoms with Crippen LogP contribution >= 0.6 is 0 Å². The molecule has 0 aliphatic carbocycles. The standard InChI is InChI=1S/C12H18N2O/c1-10(11(2)15)14(3)9-6-12-4-7-13-8-5-12/h4-5,7-8,10H,6,9H2,1-3H3. The molecule has 1 unspecified atom stereocenters. The summed E-state index contributed by atoms with van der Waals surface area (Å²) in [6.07, 6.45) is 4.55. The monoisotopic (exact) mass is 206 g/mol. The van der Waals surface area contributed by atoms with Gasteiger partial charge in [-0.25, -0.2) is 0 Å². The summed E-state index contributed by atoms with van der Waals surface area (Å²) >= 11 is 0. The highest BCUT2D eigenvalue weighted by atomic mass is 16.1. The second-order valence-electron chi connectivity index (χ2n) is 3.87. The van der Waals surface area contributed by atoms with Crippen LogP contribution in [0, 0.1) is 0 Å². The number of Topliss-reactive ketones (excluding diaryl/α,β-unsaturated/α-hetero) is 1. The van der Waals surface area contributed by atoms with Gasteiger partial charge in [0.25, 0.3) is 0 Å². The van der Waals surface area contributed by atoms with E-state index >= 15 is 0 Å². The van der Waals surface area contributed by atoms with Crippen LogP contribution in [0.3, 0.4) is 0 Å². The van der Waals surface area contributed by atoms with Crippen LogP contribution in [0.4, 0.5) is 0 Å². The third-order valence-corrected chi connectivity index (χ3v) is 2.75. The van der Waals surface area contributed by atoms with E-state index in [0.717, 1.165) is 13.0 Å². The topological polar surface area (TPSA) is 33.2 Å². The Morgan fingerprint density at radius 2 is 2.07 bits per heavy atom. The van der Waals surface area contributed by atoms with E-state index in [1.54, 1.807) is 19.3 Å². The molecular weight excluding hydrogens is 188 g/mol. The highest BCUT2D eigenvalue weighted by Gasteiger charge is 2.12. The van der Waals surface area contributed by atoms with Crippen LogP contribution < -0.4 is 0 Å². The first-order valence-corrected chi connectivity index (χ1v) is 5.21. The Balaban J connectivity index is 2.41. The summed E-state index contributed by atoms with van der Waals surface area (Å²) in [5.74, 6) is 0.215. The molecule has 1 aromatic rings. The van der Waals surface area contributed by atoms with E-state index < -0.39 is 0 Å². The van der Waals surface area contributed by atoms with Crippen LogP contribution in [0.2, 0.25) is 0 Å². The van der Waals surface area contributed by atoms with Crippen LogP contribution in [0.5, 0.6) is 0 Å². The van der Waals surface area contributed by atoms with E-state index in [-0.39, 0.29) is 11.8 Å². The first kappa shape index (κ1) is 11.9. The van der Waals surface area contributed by atoms with Gasteiger partial charge in [-0.2, -0.15) is 0 Å². The van der Waals surface area contributed by atoms with Gasteiger partial charge in [0, 0.05) is 18.9 Å². The van der Waals surface area contributed by atoms with E-state index in [4.69, 9.17) is 0 Å². The maximum Gasteiger partial charge on any atom is 0.146 e. The lowest BCUT2D eigenvalue weighted by Gasteiger charge is -2.22. The predicted molar refractivity (Wildman–Crippen MR) is 60.7 cm³/mol. The number of carbonyl (C=O) groups is 1. The van der Waals surface area contributed by atoms with Crippen LogP contribution in [-0.4, -0.2) is 35.3 Å². The fourth-order valence-corrected chi connectivity index (χ4v) is 1.36. The molecule has 0 saturated carbocycles. The van der Waals surface area contributed by atoms with Crippen molar-refractivity contribution in [2.24, 2.45) is 0 Å². The second kappa shape index (κ2) is 5.61. The van der Waals surface area contributed by atoms with Gasteiger partial charge in [-0.05, 0) is 45.0 Å². The highest BCUT2D eigenvalue weighted by molar-refractivity contribution is 5.80. The number of hydrogen-bond donors (Lipinski definition) is 0. The van der Waals surface area contributed by atoms with Crippen molar-refractivity contribution in [2.75, 3.05) is 13.6 Å². The van der Waals surface area contributed by atoms with Gasteiger partial charge >= 0.3 is 0 Å². The molecule has 0 fully saturated rings. The van der Waals surface area contributed by atoms with Gasteiger partial charge < -0.3 is 0 Å². The van der Waals surface area contributed by atoms with Gasteiger partial charge in [0.2, 0.25) is 0 Å². The Labute approximate surface area is 91.1 Å². The van der Waals surface area contributed by atoms with Gasteiger partial charge in [-0.15, -0.1) is 0 Å². The molecule has 0 aromatic carbocycles. The molecule has 3 heteroatoms. The van der Waals surface area contributed by atoms with E-state index in [2.05, 4.69) is 9.88 Å². The number of ketones is 1. The van der Waals surface area contributed by atoms with Crippen molar-refractivity contribution >= 4 is 5.78 Å². The van der Waals surface area contributed by atoms with E-state index in [0.29, 0.717) is 0 Å². The van der Waals surface area contributed by atoms with Crippen LogP contribution in [0.15, 0.2) is 24.5 Å². The van der Waals surface area contributed by atoms with Crippen LogP contribution in [0.25, 0.3) is 0 Å². The molecule has 1 atom stereocenters. The van der Waals surface area contributed by atoms with E-state index in [9.17, 15) is 4.79 Å². The summed E-state index contributed by atoms with van der Waals surface area (Å²) in [7, 11) is 1.98. The SMILES string of the molecule is CC(=O)C(C)N(C)CCc1ccncc1. The minimum atomic E-state index is 0.00633. The van der Waals surface area contributed by atoms with Crippen LogP contribution in [-0.2, 0) is 11.2 Å². The summed E-state index contributed by atoms with van der Waals surface area (Å²) in [5.41, 5.74) is 1.26. The average molecular weight is 206 g/mol. The van der Waals surface area contributed by atoms with E-state index in [1.165, 1.54) is 5.56 Å². The first-order chi connectivity index (χ1) is 7.11. The summed E-state index contributed by atoms with van der Waals surface area (Å²) < 4.78 is 0. The molecule has 0 bridgehead atoms. The lowest BCUT2D eigenvalue weighted by atomic mass is 10.1. The number of carbonyl (C=O) groups excluding carboxylic acids is 1. The van der Waals surface area contributed by atoms with Crippen molar-refractivity contribution in [3.8, 4) is 0 Å². The van der Waals surface area contributed by atoms with E-state index in [1.807, 2.05) is 26.1 Å². The van der Waals surface area contributed by atoms with Crippen molar-refractivity contribution in [1.82, 2.24) is 9.88 Å². The second-order valence-corrected chi connectivity index (χ2v) is 3.87. The van der Waals surface area contributed by atoms with Crippen molar-refractivity contribution in [2.45, 2.75) is 26.3 Å². The zero-order valence-electron chi connectivity index (χ0n) is 9.60. The van der Waals surface area contributed by atoms with Crippen molar-refractivity contribution in [1.29, 1.82) is 0 Å². The number of rotatable bonds is 5. The molecule has 0 amide bonds. The number of aromatic nitrogens is 1. The smallest absolute Gasteiger partial charge is 0.146 e. The molecular formula is C12H18N2O. The zero-order valence-corrected chi connectivity index (χ0v) is 9.60. The van der Waals surface area contributed by atoms with Crippen molar-refractivity contribution < 1.29 is 4.79 Å². The Kier molecular flexibility index (Phi) is 4.43. The Hall–Kier alpha value is -1.22. The van der Waals surface area contributed by atoms with Gasteiger partial charge in [0.1, 0.15) is 5.78 Å². The third-order valence-electron chi connectivity index (χ3n) is 2.75. The maximum atomic E-state index is 11.1. The zero-order chi connectivity index (χ0) is 11.3. The number of likely N-dealkylation sites (N-methyl/N-ethyl adjacent to an activating group) is 1. The molecule has 3 nitrogen and oxygen atoms in total. The lowest BCUT2D eigenvalue weighted by Crippen LogP contribution is -2.35. The molecule has 1 aromatic heterocycles. The number of pyridine rings is 1. The predicted octanol–water partition coefficient (Wildman–Crippen LogP) is 1.53. The molecule has 1 heterocycles. The normalized spacial score (nSPS) is 12.8. The molecule has 1 rings (SSSR count). The summed E-state index contributed by atoms with van der Waals surface area (Å²) in [5, 5.41) is 0. The quantitative estimate of drug-likeness (QED) is 0.732. The number of hydrogen-bond acceptors (Lipinski definition) is 3. The Bertz CT molecular complexity index is 311.